The predicted molar refractivity (Wildman–Crippen MR) is 116 cm³/mol. The molecule has 27 heavy (non-hydrogen) atoms. The fourth-order valence-electron chi connectivity index (χ4n) is 4.84. The van der Waals surface area contributed by atoms with Crippen LogP contribution in [-0.4, -0.2) is 0 Å². The molecule has 2 radical (unpaired) electrons. The summed E-state index contributed by atoms with van der Waals surface area (Å²) in [5, 5.41) is 0. The minimum absolute atomic E-state index is 0.883. The molecule has 4 rings (SSSR count). The smallest absolute Gasteiger partial charge is 0.00500 e. The zero-order chi connectivity index (χ0) is 18.6. The van der Waals surface area contributed by atoms with Gasteiger partial charge in [0.1, 0.15) is 0 Å². The van der Waals surface area contributed by atoms with Crippen LogP contribution in [0.15, 0.2) is 48.5 Å². The van der Waals surface area contributed by atoms with E-state index >= 15 is 0 Å². The maximum absolute atomic E-state index is 2.39. The van der Waals surface area contributed by atoms with Crippen molar-refractivity contribution in [3.05, 3.63) is 71.5 Å². The Kier molecular flexibility index (Phi) is 6.01. The largest absolute Gasteiger partial charge is 0.0625 e. The second-order valence-corrected chi connectivity index (χ2v) is 9.16. The molecule has 2 aliphatic carbocycles. The third-order valence-electron chi connectivity index (χ3n) is 6.94. The van der Waals surface area contributed by atoms with Crippen LogP contribution in [0.2, 0.25) is 0 Å². The van der Waals surface area contributed by atoms with Crippen LogP contribution >= 0.6 is 0 Å². The molecule has 0 unspecified atom stereocenters. The van der Waals surface area contributed by atoms with E-state index in [4.69, 9.17) is 0 Å². The average Bonchev–Trinajstić information content (AvgIpc) is 2.71. The van der Waals surface area contributed by atoms with Crippen molar-refractivity contribution < 1.29 is 0 Å². The first-order valence-corrected chi connectivity index (χ1v) is 11.0. The summed E-state index contributed by atoms with van der Waals surface area (Å²) in [4.78, 5) is 0. The Hall–Kier alpha value is -1.56. The van der Waals surface area contributed by atoms with Gasteiger partial charge in [-0.05, 0) is 97.8 Å². The standard InChI is InChI=1S/C27H34/c1-20-3-7-22(8-4-20)19-23-9-13-25(14-10-23)27-17-15-26(16-18-27)24-11-5-21(2)6-12-24/h9-10,13-18,21-22H,3-8,11-12,19H2,1-2H3. The van der Waals surface area contributed by atoms with Gasteiger partial charge in [-0.15, -0.1) is 0 Å². The molecule has 0 N–H and O–H groups in total. The molecule has 0 aromatic heterocycles. The Morgan fingerprint density at radius 1 is 0.667 bits per heavy atom. The van der Waals surface area contributed by atoms with Crippen molar-refractivity contribution in [2.24, 2.45) is 11.8 Å². The van der Waals surface area contributed by atoms with E-state index in [1.165, 1.54) is 80.0 Å². The summed E-state index contributed by atoms with van der Waals surface area (Å²) in [7, 11) is 0. The van der Waals surface area contributed by atoms with Crippen LogP contribution in [-0.2, 0) is 6.42 Å². The molecule has 2 aromatic carbocycles. The quantitative estimate of drug-likeness (QED) is 0.522. The highest BCUT2D eigenvalue weighted by molar-refractivity contribution is 5.64. The fraction of sp³-hybridized carbons (Fsp3) is 0.481. The molecule has 0 saturated heterocycles. The molecule has 0 bridgehead atoms. The molecule has 2 aliphatic rings. The lowest BCUT2D eigenvalue weighted by Gasteiger charge is -2.26. The molecule has 0 aliphatic heterocycles. The molecule has 2 fully saturated rings. The van der Waals surface area contributed by atoms with Gasteiger partial charge >= 0.3 is 0 Å². The molecule has 0 nitrogen and oxygen atoms in total. The van der Waals surface area contributed by atoms with Gasteiger partial charge in [0, 0.05) is 5.92 Å². The van der Waals surface area contributed by atoms with Crippen molar-refractivity contribution in [3.8, 4) is 11.1 Å². The van der Waals surface area contributed by atoms with Crippen LogP contribution < -0.4 is 0 Å². The van der Waals surface area contributed by atoms with Gasteiger partial charge < -0.3 is 0 Å². The van der Waals surface area contributed by atoms with E-state index in [1.54, 1.807) is 11.8 Å². The Morgan fingerprint density at radius 2 is 1.19 bits per heavy atom. The minimum atomic E-state index is 0.883. The second-order valence-electron chi connectivity index (χ2n) is 9.16. The number of hydrogen-bond donors (Lipinski definition) is 0. The zero-order valence-corrected chi connectivity index (χ0v) is 17.1. The van der Waals surface area contributed by atoms with Crippen molar-refractivity contribution in [2.45, 2.75) is 71.6 Å². The summed E-state index contributed by atoms with van der Waals surface area (Å²) in [5.41, 5.74) is 5.66. The molecule has 0 spiro atoms. The minimum Gasteiger partial charge on any atom is -0.0625 e. The van der Waals surface area contributed by atoms with Gasteiger partial charge in [-0.3, -0.25) is 0 Å². The van der Waals surface area contributed by atoms with Crippen LogP contribution in [0, 0.1) is 23.7 Å². The van der Waals surface area contributed by atoms with E-state index in [-0.39, 0.29) is 0 Å². The van der Waals surface area contributed by atoms with Crippen molar-refractivity contribution in [2.75, 3.05) is 0 Å². The highest BCUT2D eigenvalue weighted by Gasteiger charge is 2.20. The van der Waals surface area contributed by atoms with Crippen molar-refractivity contribution in [3.63, 3.8) is 0 Å². The lowest BCUT2D eigenvalue weighted by Crippen LogP contribution is -2.13. The van der Waals surface area contributed by atoms with Gasteiger partial charge in [0.15, 0.2) is 0 Å². The van der Waals surface area contributed by atoms with Gasteiger partial charge in [0.2, 0.25) is 0 Å². The molecule has 0 heterocycles. The number of rotatable bonds is 4. The fourth-order valence-corrected chi connectivity index (χ4v) is 4.84. The highest BCUT2D eigenvalue weighted by Crippen LogP contribution is 2.36. The van der Waals surface area contributed by atoms with Crippen LogP contribution in [0.25, 0.3) is 11.1 Å². The van der Waals surface area contributed by atoms with Gasteiger partial charge in [-0.25, -0.2) is 0 Å². The van der Waals surface area contributed by atoms with Crippen LogP contribution in [0.5, 0.6) is 0 Å². The van der Waals surface area contributed by atoms with Gasteiger partial charge in [-0.1, -0.05) is 62.4 Å². The van der Waals surface area contributed by atoms with E-state index in [2.05, 4.69) is 62.4 Å². The highest BCUT2D eigenvalue weighted by atomic mass is 14.3. The van der Waals surface area contributed by atoms with Crippen LogP contribution in [0.3, 0.4) is 0 Å². The molecular formula is C27H34. The Balaban J connectivity index is 1.37. The van der Waals surface area contributed by atoms with E-state index in [1.807, 2.05) is 0 Å². The molecule has 0 atom stereocenters. The number of benzene rings is 2. The topological polar surface area (TPSA) is 0 Å². The predicted octanol–water partition coefficient (Wildman–Crippen LogP) is 7.81. The van der Waals surface area contributed by atoms with Gasteiger partial charge in [-0.2, -0.15) is 0 Å². The summed E-state index contributed by atoms with van der Waals surface area (Å²) < 4.78 is 0. The molecular weight excluding hydrogens is 324 g/mol. The Bertz CT molecular complexity index is 693. The number of hydrogen-bond acceptors (Lipinski definition) is 0. The molecule has 2 saturated carbocycles. The molecule has 142 valence electrons. The SMILES string of the molecule is C[C]1CCC(Cc2ccc(-c3ccc([C]4CCC(C)CC4)cc3)cc2)CC1. The zero-order valence-electron chi connectivity index (χ0n) is 17.1. The Labute approximate surface area is 166 Å². The third-order valence-corrected chi connectivity index (χ3v) is 6.94. The maximum Gasteiger partial charge on any atom is 0.00500 e. The van der Waals surface area contributed by atoms with E-state index in [9.17, 15) is 0 Å². The summed E-state index contributed by atoms with van der Waals surface area (Å²) in [6, 6.07) is 18.7. The molecule has 0 heteroatoms. The molecule has 2 aromatic rings. The van der Waals surface area contributed by atoms with Gasteiger partial charge in [0.25, 0.3) is 0 Å². The summed E-state index contributed by atoms with van der Waals surface area (Å²) in [6.07, 6.45) is 12.0. The van der Waals surface area contributed by atoms with Crippen molar-refractivity contribution in [1.29, 1.82) is 0 Å². The van der Waals surface area contributed by atoms with Crippen LogP contribution in [0.1, 0.15) is 76.3 Å². The summed E-state index contributed by atoms with van der Waals surface area (Å²) in [5.74, 6) is 5.15. The maximum atomic E-state index is 2.39. The first-order chi connectivity index (χ1) is 13.2. The van der Waals surface area contributed by atoms with E-state index in [0.29, 0.717) is 0 Å². The summed E-state index contributed by atoms with van der Waals surface area (Å²) in [6.45, 7) is 4.71. The lowest BCUT2D eigenvalue weighted by molar-refractivity contribution is 0.378. The third kappa shape index (κ3) is 4.84. The second kappa shape index (κ2) is 8.63. The Morgan fingerprint density at radius 3 is 1.78 bits per heavy atom. The first-order valence-electron chi connectivity index (χ1n) is 11.0. The normalized spacial score (nSPS) is 20.8. The van der Waals surface area contributed by atoms with E-state index in [0.717, 1.165) is 11.8 Å². The van der Waals surface area contributed by atoms with Crippen molar-refractivity contribution in [1.82, 2.24) is 0 Å². The summed E-state index contributed by atoms with van der Waals surface area (Å²) >= 11 is 0. The van der Waals surface area contributed by atoms with E-state index < -0.39 is 0 Å². The first kappa shape index (κ1) is 18.8. The van der Waals surface area contributed by atoms with Crippen molar-refractivity contribution >= 4 is 0 Å². The van der Waals surface area contributed by atoms with Gasteiger partial charge in [0.05, 0.1) is 0 Å². The monoisotopic (exact) mass is 358 g/mol. The lowest BCUT2D eigenvalue weighted by atomic mass is 9.79. The van der Waals surface area contributed by atoms with Crippen LogP contribution in [0.4, 0.5) is 0 Å². The average molecular weight is 359 g/mol. The molecule has 0 amide bonds.